The van der Waals surface area contributed by atoms with Crippen molar-refractivity contribution in [1.82, 2.24) is 4.57 Å². The van der Waals surface area contributed by atoms with Gasteiger partial charge < -0.3 is 9.47 Å². The van der Waals surface area contributed by atoms with Crippen molar-refractivity contribution in [1.29, 1.82) is 0 Å². The molecule has 1 heterocycles. The lowest BCUT2D eigenvalue weighted by molar-refractivity contribution is 1.19. The molecule has 0 spiro atoms. The predicted molar refractivity (Wildman–Crippen MR) is 247 cm³/mol. The standard InChI is InChI=1S/C56H38N2/c1-3-13-39(14-4-1)41-27-31-47(32-28-41)57(46-17-5-2-6-18-46)55-36-34-49(50-19-9-10-20-51(50)55)43-25-23-42(24-26-43)45-30-35-56-53(38-45)52-21-11-12-22-54(52)58(56)48-33-29-40-15-7-8-16-44(40)37-48/h1-38H/i1D,3D,4D,13D,14D. The molecule has 10 aromatic carbocycles. The van der Waals surface area contributed by atoms with Crippen LogP contribution < -0.4 is 4.90 Å². The summed E-state index contributed by atoms with van der Waals surface area (Å²) in [6, 6.07) is 68.5. The summed E-state index contributed by atoms with van der Waals surface area (Å²) in [5, 5.41) is 7.07. The highest BCUT2D eigenvalue weighted by Gasteiger charge is 2.18. The Labute approximate surface area is 345 Å². The smallest absolute Gasteiger partial charge is 0.0629 e. The van der Waals surface area contributed by atoms with Gasteiger partial charge in [-0.15, -0.1) is 0 Å². The van der Waals surface area contributed by atoms with E-state index in [-0.39, 0.29) is 29.7 Å². The minimum absolute atomic E-state index is 0.185. The third kappa shape index (κ3) is 5.82. The molecule has 0 atom stereocenters. The number of hydrogen-bond acceptors (Lipinski definition) is 1. The molecular weight excluding hydrogens is 701 g/mol. The van der Waals surface area contributed by atoms with Gasteiger partial charge in [-0.3, -0.25) is 0 Å². The van der Waals surface area contributed by atoms with Crippen LogP contribution in [-0.2, 0) is 0 Å². The van der Waals surface area contributed by atoms with E-state index in [2.05, 4.69) is 167 Å². The summed E-state index contributed by atoms with van der Waals surface area (Å²) >= 11 is 0. The second-order valence-corrected chi connectivity index (χ2v) is 14.6. The normalized spacial score (nSPS) is 12.7. The van der Waals surface area contributed by atoms with Crippen LogP contribution in [0.4, 0.5) is 17.1 Å². The van der Waals surface area contributed by atoms with Gasteiger partial charge in [0.25, 0.3) is 0 Å². The second-order valence-electron chi connectivity index (χ2n) is 14.6. The fourth-order valence-corrected chi connectivity index (χ4v) is 8.49. The molecule has 0 fully saturated rings. The molecule has 0 amide bonds. The van der Waals surface area contributed by atoms with Gasteiger partial charge in [0.2, 0.25) is 0 Å². The first-order chi connectivity index (χ1) is 30.8. The SMILES string of the molecule is [2H]c1c([2H])c([2H])c(-c2ccc(N(c3ccccc3)c3ccc(-c4ccc(-c5ccc6c(c5)c5ccccc5n6-c5ccc6ccccc6c5)cc4)c4ccccc34)cc2)c([2H])c1[2H]. The lowest BCUT2D eigenvalue weighted by Gasteiger charge is -2.27. The van der Waals surface area contributed by atoms with E-state index in [1.807, 2.05) is 42.5 Å². The van der Waals surface area contributed by atoms with Crippen LogP contribution in [0.2, 0.25) is 0 Å². The molecule has 0 saturated heterocycles. The van der Waals surface area contributed by atoms with Gasteiger partial charge in [0.05, 0.1) is 23.6 Å². The van der Waals surface area contributed by atoms with Crippen molar-refractivity contribution < 1.29 is 6.85 Å². The number of nitrogens with zero attached hydrogens (tertiary/aromatic N) is 2. The molecule has 0 saturated carbocycles. The Hall–Kier alpha value is -7.68. The number of aromatic nitrogens is 1. The van der Waals surface area contributed by atoms with Gasteiger partial charge in [0.1, 0.15) is 0 Å². The summed E-state index contributed by atoms with van der Waals surface area (Å²) in [5.41, 5.74) is 11.6. The number of hydrogen-bond donors (Lipinski definition) is 0. The average molecular weight is 744 g/mol. The third-order valence-corrected chi connectivity index (χ3v) is 11.3. The molecule has 272 valence electrons. The highest BCUT2D eigenvalue weighted by Crippen LogP contribution is 2.43. The molecule has 0 unspecified atom stereocenters. The Morgan fingerprint density at radius 2 is 0.966 bits per heavy atom. The minimum Gasteiger partial charge on any atom is -0.310 e. The highest BCUT2D eigenvalue weighted by atomic mass is 15.1. The maximum Gasteiger partial charge on any atom is 0.0629 e. The van der Waals surface area contributed by atoms with Gasteiger partial charge in [-0.25, -0.2) is 0 Å². The van der Waals surface area contributed by atoms with Crippen LogP contribution in [0, 0.1) is 0 Å². The van der Waals surface area contributed by atoms with E-state index < -0.39 is 6.04 Å². The molecule has 0 N–H and O–H groups in total. The summed E-state index contributed by atoms with van der Waals surface area (Å²) in [7, 11) is 0. The van der Waals surface area contributed by atoms with E-state index in [1.165, 1.54) is 32.6 Å². The zero-order chi connectivity index (χ0) is 42.8. The topological polar surface area (TPSA) is 8.17 Å². The molecule has 11 aromatic rings. The van der Waals surface area contributed by atoms with E-state index in [0.717, 1.165) is 55.8 Å². The molecule has 11 rings (SSSR count). The lowest BCUT2D eigenvalue weighted by Crippen LogP contribution is -2.10. The largest absolute Gasteiger partial charge is 0.310 e. The first-order valence-electron chi connectivity index (χ1n) is 22.0. The molecular formula is C56H38N2. The lowest BCUT2D eigenvalue weighted by atomic mass is 9.94. The van der Waals surface area contributed by atoms with Crippen LogP contribution >= 0.6 is 0 Å². The van der Waals surface area contributed by atoms with Crippen LogP contribution in [-0.4, -0.2) is 4.57 Å². The van der Waals surface area contributed by atoms with Gasteiger partial charge in [-0.1, -0.05) is 170 Å². The molecule has 0 aliphatic heterocycles. The second kappa shape index (κ2) is 14.1. The molecule has 0 aliphatic rings. The molecule has 58 heavy (non-hydrogen) atoms. The van der Waals surface area contributed by atoms with Crippen LogP contribution in [0.1, 0.15) is 6.85 Å². The van der Waals surface area contributed by atoms with E-state index in [4.69, 9.17) is 6.85 Å². The summed E-state index contributed by atoms with van der Waals surface area (Å²) < 4.78 is 43.9. The van der Waals surface area contributed by atoms with Crippen LogP contribution in [0.25, 0.3) is 82.4 Å². The first-order valence-corrected chi connectivity index (χ1v) is 19.5. The van der Waals surface area contributed by atoms with Crippen LogP contribution in [0.5, 0.6) is 0 Å². The van der Waals surface area contributed by atoms with Gasteiger partial charge in [-0.2, -0.15) is 0 Å². The third-order valence-electron chi connectivity index (χ3n) is 11.3. The summed E-state index contributed by atoms with van der Waals surface area (Å²) in [6.45, 7) is 0. The van der Waals surface area contributed by atoms with Crippen molar-refractivity contribution in [3.8, 4) is 39.1 Å². The van der Waals surface area contributed by atoms with Crippen LogP contribution in [0.3, 0.4) is 0 Å². The monoisotopic (exact) mass is 743 g/mol. The maximum atomic E-state index is 8.54. The zero-order valence-corrected chi connectivity index (χ0v) is 31.4. The number of anilines is 3. The summed E-state index contributed by atoms with van der Waals surface area (Å²) in [5.74, 6) is 0. The summed E-state index contributed by atoms with van der Waals surface area (Å²) in [4.78, 5) is 2.20. The van der Waals surface area contributed by atoms with Gasteiger partial charge in [0.15, 0.2) is 0 Å². The molecule has 0 radical (unpaired) electrons. The number of benzene rings is 10. The van der Waals surface area contributed by atoms with E-state index in [0.29, 0.717) is 5.56 Å². The zero-order valence-electron chi connectivity index (χ0n) is 36.4. The quantitative estimate of drug-likeness (QED) is 0.158. The number of fused-ring (bicyclic) bond motifs is 5. The average Bonchev–Trinajstić information content (AvgIpc) is 3.67. The number of rotatable bonds is 7. The molecule has 0 bridgehead atoms. The van der Waals surface area contributed by atoms with Gasteiger partial charge >= 0.3 is 0 Å². The molecule has 2 nitrogen and oxygen atoms in total. The Balaban J connectivity index is 0.961. The van der Waals surface area contributed by atoms with E-state index in [1.54, 1.807) is 0 Å². The van der Waals surface area contributed by atoms with Gasteiger partial charge in [-0.05, 0) is 110 Å². The van der Waals surface area contributed by atoms with Crippen molar-refractivity contribution in [3.63, 3.8) is 0 Å². The summed E-state index contributed by atoms with van der Waals surface area (Å²) in [6.07, 6.45) is 0. The Kier molecular flexibility index (Phi) is 6.98. The Morgan fingerprint density at radius 1 is 0.362 bits per heavy atom. The fraction of sp³-hybridized carbons (Fsp3) is 0. The van der Waals surface area contributed by atoms with Crippen molar-refractivity contribution in [2.75, 3.05) is 4.90 Å². The minimum atomic E-state index is -0.400. The fourth-order valence-electron chi connectivity index (χ4n) is 8.49. The molecule has 2 heteroatoms. The maximum absolute atomic E-state index is 8.54. The number of para-hydroxylation sites is 2. The Morgan fingerprint density at radius 3 is 1.78 bits per heavy atom. The predicted octanol–water partition coefficient (Wildman–Crippen LogP) is 15.6. The van der Waals surface area contributed by atoms with Gasteiger partial charge in [0, 0.05) is 33.2 Å². The van der Waals surface area contributed by atoms with E-state index in [9.17, 15) is 0 Å². The highest BCUT2D eigenvalue weighted by molar-refractivity contribution is 6.11. The molecule has 0 aliphatic carbocycles. The van der Waals surface area contributed by atoms with E-state index >= 15 is 0 Å². The van der Waals surface area contributed by atoms with Crippen LogP contribution in [0.15, 0.2) is 230 Å². The Bertz CT molecular complexity index is 3530. The first kappa shape index (κ1) is 28.7. The van der Waals surface area contributed by atoms with Crippen molar-refractivity contribution in [3.05, 3.63) is 230 Å². The van der Waals surface area contributed by atoms with Crippen molar-refractivity contribution in [2.45, 2.75) is 0 Å². The van der Waals surface area contributed by atoms with Crippen molar-refractivity contribution >= 4 is 60.4 Å². The molecule has 1 aromatic heterocycles. The van der Waals surface area contributed by atoms with Crippen molar-refractivity contribution in [2.24, 2.45) is 0 Å².